The molecule has 172 valence electrons. The van der Waals surface area contributed by atoms with Gasteiger partial charge in [0.25, 0.3) is 5.69 Å². The number of ketones is 1. The molecule has 0 amide bonds. The van der Waals surface area contributed by atoms with Crippen LogP contribution in [0.4, 0.5) is 5.69 Å². The quantitative estimate of drug-likeness (QED) is 0.146. The maximum Gasteiger partial charge on any atom is 0.270 e. The van der Waals surface area contributed by atoms with Gasteiger partial charge in [0, 0.05) is 28.9 Å². The summed E-state index contributed by atoms with van der Waals surface area (Å²) in [5.74, 6) is 1.51. The lowest BCUT2D eigenvalue weighted by Crippen LogP contribution is -2.05. The number of ether oxygens (including phenoxy) is 2. The molecule has 0 N–H and O–H groups in total. The Bertz CT molecular complexity index is 1340. The minimum Gasteiger partial charge on any atom is -0.493 e. The third-order valence-corrected chi connectivity index (χ3v) is 5.93. The van der Waals surface area contributed by atoms with Crippen LogP contribution in [-0.2, 0) is 0 Å². The summed E-state index contributed by atoms with van der Waals surface area (Å²) in [7, 11) is 3.13. The maximum atomic E-state index is 12.7. The van der Waals surface area contributed by atoms with E-state index in [4.69, 9.17) is 9.47 Å². The zero-order chi connectivity index (χ0) is 24.1. The molecule has 4 aromatic rings. The van der Waals surface area contributed by atoms with Gasteiger partial charge in [-0.05, 0) is 30.3 Å². The Kier molecular flexibility index (Phi) is 6.88. The van der Waals surface area contributed by atoms with E-state index in [9.17, 15) is 14.9 Å². The number of hydrogen-bond donors (Lipinski definition) is 0. The van der Waals surface area contributed by atoms with Crippen molar-refractivity contribution in [2.45, 2.75) is 5.16 Å². The second kappa shape index (κ2) is 10.2. The molecule has 0 bridgehead atoms. The molecule has 0 radical (unpaired) electrons. The van der Waals surface area contributed by atoms with E-state index in [2.05, 4.69) is 10.2 Å². The fraction of sp³-hybridized carbons (Fsp3) is 0.125. The van der Waals surface area contributed by atoms with Crippen molar-refractivity contribution in [2.24, 2.45) is 0 Å². The van der Waals surface area contributed by atoms with Crippen LogP contribution in [0.3, 0.4) is 0 Å². The number of rotatable bonds is 9. The first-order chi connectivity index (χ1) is 16.5. The minimum atomic E-state index is -0.522. The number of carbonyl (C=O) groups excluding carboxylic acids is 1. The third-order valence-electron chi connectivity index (χ3n) is 5.00. The Balaban J connectivity index is 1.68. The van der Waals surface area contributed by atoms with Crippen LogP contribution >= 0.6 is 11.8 Å². The molecule has 10 heteroatoms. The summed E-state index contributed by atoms with van der Waals surface area (Å²) in [6.45, 7) is 0. The summed E-state index contributed by atoms with van der Waals surface area (Å²) in [5.41, 5.74) is 1.72. The minimum absolute atomic E-state index is 0.0398. The molecule has 3 aromatic carbocycles. The van der Waals surface area contributed by atoms with E-state index in [0.29, 0.717) is 22.5 Å². The zero-order valence-corrected chi connectivity index (χ0v) is 19.2. The number of methoxy groups -OCH3 is 2. The second-order valence-corrected chi connectivity index (χ2v) is 8.01. The first kappa shape index (κ1) is 23.0. The first-order valence-electron chi connectivity index (χ1n) is 10.2. The number of hydrogen-bond acceptors (Lipinski definition) is 8. The SMILES string of the molecule is COc1ccc(-c2nnc(SCC(=O)c3cccc([N+](=O)[O-])c3)n2-c2ccccc2)cc1OC. The average molecular weight is 477 g/mol. The summed E-state index contributed by atoms with van der Waals surface area (Å²) in [6.07, 6.45) is 0. The molecule has 34 heavy (non-hydrogen) atoms. The number of benzene rings is 3. The van der Waals surface area contributed by atoms with Crippen molar-refractivity contribution >= 4 is 23.2 Å². The fourth-order valence-corrected chi connectivity index (χ4v) is 4.19. The summed E-state index contributed by atoms with van der Waals surface area (Å²) >= 11 is 1.21. The van der Waals surface area contributed by atoms with Crippen LogP contribution < -0.4 is 9.47 Å². The van der Waals surface area contributed by atoms with E-state index in [1.165, 1.54) is 30.0 Å². The Morgan fingerprint density at radius 3 is 2.44 bits per heavy atom. The van der Waals surface area contributed by atoms with E-state index >= 15 is 0 Å². The molecule has 0 fully saturated rings. The topological polar surface area (TPSA) is 109 Å². The standard InChI is InChI=1S/C24H20N4O5S/c1-32-21-12-11-17(14-22(21)33-2)23-25-26-24(27(23)18-8-4-3-5-9-18)34-15-20(29)16-7-6-10-19(13-16)28(30)31/h3-14H,15H2,1-2H3. The van der Waals surface area contributed by atoms with Gasteiger partial charge in [0.15, 0.2) is 28.3 Å². The zero-order valence-electron chi connectivity index (χ0n) is 18.4. The van der Waals surface area contributed by atoms with Gasteiger partial charge < -0.3 is 9.47 Å². The summed E-state index contributed by atoms with van der Waals surface area (Å²) in [4.78, 5) is 23.2. The van der Waals surface area contributed by atoms with Crippen LogP contribution in [0.5, 0.6) is 11.5 Å². The van der Waals surface area contributed by atoms with Gasteiger partial charge in [-0.3, -0.25) is 19.5 Å². The molecular weight excluding hydrogens is 456 g/mol. The van der Waals surface area contributed by atoms with E-state index in [-0.39, 0.29) is 22.8 Å². The Morgan fingerprint density at radius 2 is 1.74 bits per heavy atom. The molecule has 0 spiro atoms. The Hall–Kier alpha value is -4.18. The van der Waals surface area contributed by atoms with E-state index < -0.39 is 4.92 Å². The lowest BCUT2D eigenvalue weighted by Gasteiger charge is -2.12. The summed E-state index contributed by atoms with van der Waals surface area (Å²) < 4.78 is 12.6. The lowest BCUT2D eigenvalue weighted by molar-refractivity contribution is -0.384. The van der Waals surface area contributed by atoms with Crippen molar-refractivity contribution in [3.8, 4) is 28.6 Å². The molecule has 0 saturated heterocycles. The Labute approximate surface area is 199 Å². The van der Waals surface area contributed by atoms with Gasteiger partial charge in [-0.15, -0.1) is 10.2 Å². The number of nitrogens with zero attached hydrogens (tertiary/aromatic N) is 4. The predicted octanol–water partition coefficient (Wildman–Crippen LogP) is 4.83. The van der Waals surface area contributed by atoms with Crippen LogP contribution in [0, 0.1) is 10.1 Å². The highest BCUT2D eigenvalue weighted by atomic mass is 32.2. The first-order valence-corrected chi connectivity index (χ1v) is 11.1. The van der Waals surface area contributed by atoms with Crippen LogP contribution in [-0.4, -0.2) is 45.4 Å². The monoisotopic (exact) mass is 476 g/mol. The molecule has 1 aromatic heterocycles. The number of para-hydroxylation sites is 1. The van der Waals surface area contributed by atoms with Gasteiger partial charge in [0.05, 0.1) is 24.9 Å². The molecule has 4 rings (SSSR count). The molecule has 0 aliphatic rings. The molecule has 1 heterocycles. The van der Waals surface area contributed by atoms with E-state index in [0.717, 1.165) is 11.3 Å². The number of thioether (sulfide) groups is 1. The van der Waals surface area contributed by atoms with Crippen molar-refractivity contribution in [3.63, 3.8) is 0 Å². The van der Waals surface area contributed by atoms with Crippen LogP contribution in [0.15, 0.2) is 78.0 Å². The Morgan fingerprint density at radius 1 is 0.971 bits per heavy atom. The summed E-state index contributed by atoms with van der Waals surface area (Å²) in [5, 5.41) is 20.2. The van der Waals surface area contributed by atoms with Crippen LogP contribution in [0.1, 0.15) is 10.4 Å². The highest BCUT2D eigenvalue weighted by Gasteiger charge is 2.19. The molecule has 0 atom stereocenters. The van der Waals surface area contributed by atoms with E-state index in [1.54, 1.807) is 26.4 Å². The third kappa shape index (κ3) is 4.76. The largest absolute Gasteiger partial charge is 0.493 e. The van der Waals surface area contributed by atoms with Crippen molar-refractivity contribution < 1.29 is 19.2 Å². The molecular formula is C24H20N4O5S. The van der Waals surface area contributed by atoms with Gasteiger partial charge in [0.2, 0.25) is 0 Å². The fourth-order valence-electron chi connectivity index (χ4n) is 3.34. The highest BCUT2D eigenvalue weighted by Crippen LogP contribution is 2.34. The lowest BCUT2D eigenvalue weighted by atomic mass is 10.1. The van der Waals surface area contributed by atoms with Crippen molar-refractivity contribution in [1.82, 2.24) is 14.8 Å². The van der Waals surface area contributed by atoms with Crippen molar-refractivity contribution in [1.29, 1.82) is 0 Å². The van der Waals surface area contributed by atoms with Crippen LogP contribution in [0.25, 0.3) is 17.1 Å². The number of nitro benzene ring substituents is 1. The molecule has 0 aliphatic heterocycles. The average Bonchev–Trinajstić information content (AvgIpc) is 3.31. The number of aromatic nitrogens is 3. The van der Waals surface area contributed by atoms with Crippen molar-refractivity contribution in [2.75, 3.05) is 20.0 Å². The van der Waals surface area contributed by atoms with Crippen LogP contribution in [0.2, 0.25) is 0 Å². The number of nitro groups is 1. The second-order valence-electron chi connectivity index (χ2n) is 7.07. The number of carbonyl (C=O) groups is 1. The highest BCUT2D eigenvalue weighted by molar-refractivity contribution is 7.99. The van der Waals surface area contributed by atoms with Gasteiger partial charge in [-0.1, -0.05) is 42.1 Å². The number of Topliss-reactive ketones (excluding diaryl/α,β-unsaturated/α-hetero) is 1. The van der Waals surface area contributed by atoms with Gasteiger partial charge >= 0.3 is 0 Å². The van der Waals surface area contributed by atoms with Gasteiger partial charge in [0.1, 0.15) is 0 Å². The van der Waals surface area contributed by atoms with Gasteiger partial charge in [-0.25, -0.2) is 0 Å². The summed E-state index contributed by atoms with van der Waals surface area (Å²) in [6, 6.07) is 20.7. The smallest absolute Gasteiger partial charge is 0.270 e. The van der Waals surface area contributed by atoms with E-state index in [1.807, 2.05) is 47.0 Å². The molecule has 9 nitrogen and oxygen atoms in total. The molecule has 0 saturated carbocycles. The maximum absolute atomic E-state index is 12.7. The number of non-ortho nitro benzene ring substituents is 1. The van der Waals surface area contributed by atoms with Crippen molar-refractivity contribution in [3.05, 3.63) is 88.5 Å². The molecule has 0 aliphatic carbocycles. The normalized spacial score (nSPS) is 10.6. The molecule has 0 unspecified atom stereocenters. The predicted molar refractivity (Wildman–Crippen MR) is 128 cm³/mol. The van der Waals surface area contributed by atoms with Gasteiger partial charge in [-0.2, -0.15) is 0 Å².